The number of likely N-dealkylation sites (tertiary alicyclic amines) is 1. The molecule has 1 unspecified atom stereocenters. The minimum Gasteiger partial charge on any atom is -0.481 e. The van der Waals surface area contributed by atoms with E-state index in [-0.39, 0.29) is 17.4 Å². The van der Waals surface area contributed by atoms with Gasteiger partial charge >= 0.3 is 5.97 Å². The highest BCUT2D eigenvalue weighted by molar-refractivity contribution is 5.95. The summed E-state index contributed by atoms with van der Waals surface area (Å²) < 4.78 is 0. The van der Waals surface area contributed by atoms with Crippen LogP contribution in [-0.2, 0) is 15.0 Å². The Morgan fingerprint density at radius 2 is 1.88 bits per heavy atom. The van der Waals surface area contributed by atoms with E-state index in [1.54, 1.807) is 43.0 Å². The topological polar surface area (TPSA) is 86.7 Å². The lowest BCUT2D eigenvalue weighted by atomic mass is 9.84. The van der Waals surface area contributed by atoms with E-state index < -0.39 is 11.4 Å². The summed E-state index contributed by atoms with van der Waals surface area (Å²) in [5, 5.41) is 12.3. The molecule has 2 heterocycles. The predicted molar refractivity (Wildman–Crippen MR) is 87.7 cm³/mol. The highest BCUT2D eigenvalue weighted by Crippen LogP contribution is 2.31. The van der Waals surface area contributed by atoms with Crippen molar-refractivity contribution in [1.82, 2.24) is 10.2 Å². The molecule has 3 rings (SSSR count). The van der Waals surface area contributed by atoms with Gasteiger partial charge in [-0.3, -0.25) is 14.4 Å². The van der Waals surface area contributed by atoms with Crippen molar-refractivity contribution in [3.63, 3.8) is 0 Å². The zero-order valence-corrected chi connectivity index (χ0v) is 14.0. The molecule has 1 spiro atoms. The number of carboxylic acids is 1. The van der Waals surface area contributed by atoms with E-state index >= 15 is 0 Å². The fourth-order valence-corrected chi connectivity index (χ4v) is 3.46. The van der Waals surface area contributed by atoms with Crippen LogP contribution in [0.5, 0.6) is 0 Å². The SMILES string of the molecule is CC(C)(C(=O)O)c1ccc(C(=O)N2CCC3(CCC(=O)N3)C2)cc1. The lowest BCUT2D eigenvalue weighted by Crippen LogP contribution is -2.44. The maximum atomic E-state index is 12.7. The van der Waals surface area contributed by atoms with Gasteiger partial charge in [-0.15, -0.1) is 0 Å². The summed E-state index contributed by atoms with van der Waals surface area (Å²) in [5.41, 5.74) is -0.0420. The van der Waals surface area contributed by atoms with Crippen LogP contribution in [0.3, 0.4) is 0 Å². The average molecular weight is 330 g/mol. The summed E-state index contributed by atoms with van der Waals surface area (Å²) in [4.78, 5) is 37.2. The molecule has 2 amide bonds. The number of amides is 2. The summed E-state index contributed by atoms with van der Waals surface area (Å²) in [7, 11) is 0. The van der Waals surface area contributed by atoms with Crippen molar-refractivity contribution in [2.75, 3.05) is 13.1 Å². The Labute approximate surface area is 140 Å². The zero-order chi connectivity index (χ0) is 17.5. The number of benzene rings is 1. The molecule has 2 saturated heterocycles. The molecule has 2 fully saturated rings. The summed E-state index contributed by atoms with van der Waals surface area (Å²) in [6.45, 7) is 4.44. The smallest absolute Gasteiger partial charge is 0.313 e. The van der Waals surface area contributed by atoms with Crippen molar-refractivity contribution in [3.05, 3.63) is 35.4 Å². The molecule has 2 aliphatic rings. The van der Waals surface area contributed by atoms with E-state index in [1.165, 1.54) is 0 Å². The summed E-state index contributed by atoms with van der Waals surface area (Å²) in [5.74, 6) is -0.919. The van der Waals surface area contributed by atoms with Gasteiger partial charge in [0, 0.05) is 25.1 Å². The first-order chi connectivity index (χ1) is 11.2. The van der Waals surface area contributed by atoms with E-state index in [1.807, 2.05) is 0 Å². The van der Waals surface area contributed by atoms with Gasteiger partial charge in [0.2, 0.25) is 5.91 Å². The number of hydrogen-bond acceptors (Lipinski definition) is 3. The van der Waals surface area contributed by atoms with Crippen LogP contribution in [0.25, 0.3) is 0 Å². The highest BCUT2D eigenvalue weighted by atomic mass is 16.4. The molecule has 0 aliphatic carbocycles. The van der Waals surface area contributed by atoms with Gasteiger partial charge in [-0.25, -0.2) is 0 Å². The number of carbonyl (C=O) groups excluding carboxylic acids is 2. The highest BCUT2D eigenvalue weighted by Gasteiger charge is 2.44. The quantitative estimate of drug-likeness (QED) is 0.880. The first-order valence-corrected chi connectivity index (χ1v) is 8.18. The number of hydrogen-bond donors (Lipinski definition) is 2. The van der Waals surface area contributed by atoms with E-state index in [0.29, 0.717) is 30.6 Å². The van der Waals surface area contributed by atoms with Gasteiger partial charge in [-0.2, -0.15) is 0 Å². The fraction of sp³-hybridized carbons (Fsp3) is 0.500. The third-order valence-corrected chi connectivity index (χ3v) is 5.26. The molecule has 1 atom stereocenters. The van der Waals surface area contributed by atoms with E-state index in [2.05, 4.69) is 5.32 Å². The molecule has 0 saturated carbocycles. The standard InChI is InChI=1S/C18H22N2O4/c1-17(2,16(23)24)13-5-3-12(4-6-13)15(22)20-10-9-18(11-20)8-7-14(21)19-18/h3-6H,7-11H2,1-2H3,(H,19,21)(H,23,24). The Kier molecular flexibility index (Phi) is 3.86. The van der Waals surface area contributed by atoms with Gasteiger partial charge < -0.3 is 15.3 Å². The van der Waals surface area contributed by atoms with Crippen molar-refractivity contribution in [3.8, 4) is 0 Å². The van der Waals surface area contributed by atoms with Crippen LogP contribution in [0.4, 0.5) is 0 Å². The summed E-state index contributed by atoms with van der Waals surface area (Å²) >= 11 is 0. The van der Waals surface area contributed by atoms with E-state index in [0.717, 1.165) is 12.8 Å². The van der Waals surface area contributed by atoms with Gasteiger partial charge in [-0.1, -0.05) is 12.1 Å². The molecular formula is C18H22N2O4. The third-order valence-electron chi connectivity index (χ3n) is 5.26. The molecule has 6 heteroatoms. The number of carbonyl (C=O) groups is 3. The van der Waals surface area contributed by atoms with Gasteiger partial charge in [0.25, 0.3) is 5.91 Å². The summed E-state index contributed by atoms with van der Waals surface area (Å²) in [6, 6.07) is 6.76. The molecule has 6 nitrogen and oxygen atoms in total. The molecule has 24 heavy (non-hydrogen) atoms. The number of rotatable bonds is 3. The Morgan fingerprint density at radius 3 is 2.42 bits per heavy atom. The van der Waals surface area contributed by atoms with Crippen LogP contribution >= 0.6 is 0 Å². The molecule has 2 aliphatic heterocycles. The number of aliphatic carboxylic acids is 1. The first kappa shape index (κ1) is 16.5. The van der Waals surface area contributed by atoms with Crippen LogP contribution < -0.4 is 5.32 Å². The van der Waals surface area contributed by atoms with Crippen LogP contribution in [0.1, 0.15) is 49.0 Å². The monoisotopic (exact) mass is 330 g/mol. The second-order valence-electron chi connectivity index (χ2n) is 7.31. The Morgan fingerprint density at radius 1 is 1.21 bits per heavy atom. The lowest BCUT2D eigenvalue weighted by molar-refractivity contribution is -0.142. The van der Waals surface area contributed by atoms with Crippen LogP contribution in [0.2, 0.25) is 0 Å². The Bertz CT molecular complexity index is 695. The van der Waals surface area contributed by atoms with Crippen molar-refractivity contribution >= 4 is 17.8 Å². The zero-order valence-electron chi connectivity index (χ0n) is 14.0. The number of nitrogens with zero attached hydrogens (tertiary/aromatic N) is 1. The van der Waals surface area contributed by atoms with Gasteiger partial charge in [0.1, 0.15) is 0 Å². The second-order valence-corrected chi connectivity index (χ2v) is 7.31. The fourth-order valence-electron chi connectivity index (χ4n) is 3.46. The molecular weight excluding hydrogens is 308 g/mol. The van der Waals surface area contributed by atoms with Crippen molar-refractivity contribution in [1.29, 1.82) is 0 Å². The van der Waals surface area contributed by atoms with Gasteiger partial charge in [0.05, 0.1) is 11.0 Å². The molecule has 1 aromatic carbocycles. The molecule has 0 radical (unpaired) electrons. The minimum absolute atomic E-state index is 0.0598. The second kappa shape index (κ2) is 5.61. The Hall–Kier alpha value is -2.37. The van der Waals surface area contributed by atoms with Gasteiger partial charge in [-0.05, 0) is 44.4 Å². The van der Waals surface area contributed by atoms with Crippen LogP contribution in [0, 0.1) is 0 Å². The molecule has 0 aromatic heterocycles. The number of carboxylic acid groups (broad SMARTS) is 1. The van der Waals surface area contributed by atoms with Crippen molar-refractivity contribution in [2.24, 2.45) is 0 Å². The molecule has 0 bridgehead atoms. The maximum Gasteiger partial charge on any atom is 0.313 e. The number of nitrogens with one attached hydrogen (secondary N) is 1. The van der Waals surface area contributed by atoms with E-state index in [9.17, 15) is 19.5 Å². The third kappa shape index (κ3) is 2.77. The lowest BCUT2D eigenvalue weighted by Gasteiger charge is -2.24. The normalized spacial score (nSPS) is 23.6. The maximum absolute atomic E-state index is 12.7. The minimum atomic E-state index is -0.993. The summed E-state index contributed by atoms with van der Waals surface area (Å²) in [6.07, 6.45) is 2.09. The molecule has 2 N–H and O–H groups in total. The first-order valence-electron chi connectivity index (χ1n) is 8.18. The van der Waals surface area contributed by atoms with E-state index in [4.69, 9.17) is 0 Å². The Balaban J connectivity index is 1.72. The van der Waals surface area contributed by atoms with Gasteiger partial charge in [0.15, 0.2) is 0 Å². The molecule has 128 valence electrons. The van der Waals surface area contributed by atoms with Crippen LogP contribution in [0.15, 0.2) is 24.3 Å². The van der Waals surface area contributed by atoms with Crippen molar-refractivity contribution < 1.29 is 19.5 Å². The molecule has 1 aromatic rings. The predicted octanol–water partition coefficient (Wildman–Crippen LogP) is 1.54. The largest absolute Gasteiger partial charge is 0.481 e. The van der Waals surface area contributed by atoms with Crippen molar-refractivity contribution in [2.45, 2.75) is 44.1 Å². The van der Waals surface area contributed by atoms with Crippen LogP contribution in [-0.4, -0.2) is 46.4 Å². The average Bonchev–Trinajstić information content (AvgIpc) is 3.13.